The van der Waals surface area contributed by atoms with Crippen molar-refractivity contribution in [3.8, 4) is 33.8 Å². The van der Waals surface area contributed by atoms with Crippen LogP contribution in [0.3, 0.4) is 0 Å². The number of aromatic nitrogens is 7. The molecule has 0 aliphatic rings. The third-order valence-corrected chi connectivity index (χ3v) is 6.71. The minimum absolute atomic E-state index is 0.330. The van der Waals surface area contributed by atoms with E-state index in [1.165, 1.54) is 12.1 Å². The van der Waals surface area contributed by atoms with Crippen molar-refractivity contribution in [2.75, 3.05) is 51.5 Å². The summed E-state index contributed by atoms with van der Waals surface area (Å²) in [5, 5.41) is 11.6. The van der Waals surface area contributed by atoms with Crippen LogP contribution in [0, 0.1) is 5.82 Å². The summed E-state index contributed by atoms with van der Waals surface area (Å²) in [4.78, 5) is 25.7. The lowest BCUT2D eigenvalue weighted by atomic mass is 10.1. The first-order valence-electron chi connectivity index (χ1n) is 12.9. The third-order valence-electron chi connectivity index (χ3n) is 6.71. The highest BCUT2D eigenvalue weighted by atomic mass is 19.1. The van der Waals surface area contributed by atoms with Gasteiger partial charge < -0.3 is 20.1 Å². The zero-order valence-electron chi connectivity index (χ0n) is 22.7. The molecule has 0 radical (unpaired) electrons. The van der Waals surface area contributed by atoms with Gasteiger partial charge >= 0.3 is 0 Å². The first-order chi connectivity index (χ1) is 19.4. The largest absolute Gasteiger partial charge is 0.384 e. The molecular weight excluding hydrogens is 507 g/mol. The van der Waals surface area contributed by atoms with E-state index in [1.807, 2.05) is 57.6 Å². The number of hydrogen-bond acceptors (Lipinski definition) is 8. The summed E-state index contributed by atoms with van der Waals surface area (Å²) in [7, 11) is 7.96. The minimum Gasteiger partial charge on any atom is -0.384 e. The molecule has 0 bridgehead atoms. The van der Waals surface area contributed by atoms with Crippen LogP contribution in [0.25, 0.3) is 55.8 Å². The molecule has 5 aromatic heterocycles. The Morgan fingerprint density at radius 2 is 1.70 bits per heavy atom. The average molecular weight is 537 g/mol. The van der Waals surface area contributed by atoms with Crippen molar-refractivity contribution in [3.05, 3.63) is 67.1 Å². The molecule has 11 heteroatoms. The molecule has 0 spiro atoms. The molecule has 202 valence electrons. The number of likely N-dealkylation sites (N-methyl/N-ethyl adjacent to an activating group) is 1. The molecule has 0 aliphatic heterocycles. The molecule has 0 atom stereocenters. The second kappa shape index (κ2) is 10.3. The Balaban J connectivity index is 1.39. The summed E-state index contributed by atoms with van der Waals surface area (Å²) in [5.74, 6) is 0.259. The van der Waals surface area contributed by atoms with Crippen molar-refractivity contribution in [2.45, 2.75) is 0 Å². The molecule has 0 aliphatic carbocycles. The van der Waals surface area contributed by atoms with Gasteiger partial charge in [-0.25, -0.2) is 14.4 Å². The van der Waals surface area contributed by atoms with Crippen molar-refractivity contribution >= 4 is 33.4 Å². The molecule has 6 aromatic rings. The van der Waals surface area contributed by atoms with Crippen LogP contribution >= 0.6 is 0 Å². The smallest absolute Gasteiger partial charge is 0.181 e. The molecule has 0 saturated heterocycles. The molecule has 3 N–H and O–H groups in total. The van der Waals surface area contributed by atoms with E-state index >= 15 is 0 Å². The molecule has 0 saturated carbocycles. The normalized spacial score (nSPS) is 11.6. The van der Waals surface area contributed by atoms with Crippen LogP contribution in [0.2, 0.25) is 0 Å². The minimum atomic E-state index is -0.330. The predicted octanol–water partition coefficient (Wildman–Crippen LogP) is 4.80. The molecule has 6 rings (SSSR count). The number of halogens is 1. The second-order valence-electron chi connectivity index (χ2n) is 10.1. The Hall–Kier alpha value is -4.90. The van der Waals surface area contributed by atoms with Crippen molar-refractivity contribution < 1.29 is 4.39 Å². The van der Waals surface area contributed by atoms with Gasteiger partial charge in [0.2, 0.25) is 0 Å². The number of nitrogens with one attached hydrogen (secondary N) is 3. The SMILES string of the molecule is CN(C)CCNc1cc(F)cc(-c2cncc3[nH]c(-c4[nH]nc5ncc(-c6cncc(N(C)C)c6)cc45)nc23)c1. The topological polar surface area (TPSA) is 115 Å². The van der Waals surface area contributed by atoms with Crippen LogP contribution in [-0.4, -0.2) is 81.3 Å². The van der Waals surface area contributed by atoms with E-state index < -0.39 is 0 Å². The monoisotopic (exact) mass is 536 g/mol. The summed E-state index contributed by atoms with van der Waals surface area (Å²) in [6, 6.07) is 9.01. The van der Waals surface area contributed by atoms with E-state index in [9.17, 15) is 4.39 Å². The first kappa shape index (κ1) is 25.4. The van der Waals surface area contributed by atoms with Crippen LogP contribution < -0.4 is 10.2 Å². The summed E-state index contributed by atoms with van der Waals surface area (Å²) < 4.78 is 14.6. The summed E-state index contributed by atoms with van der Waals surface area (Å²) in [6.07, 6.45) is 8.85. The van der Waals surface area contributed by atoms with Gasteiger partial charge in [0.1, 0.15) is 11.5 Å². The van der Waals surface area contributed by atoms with Crippen molar-refractivity contribution in [1.82, 2.24) is 40.0 Å². The lowest BCUT2D eigenvalue weighted by Crippen LogP contribution is -2.20. The second-order valence-corrected chi connectivity index (χ2v) is 10.1. The van der Waals surface area contributed by atoms with Gasteiger partial charge in [-0.3, -0.25) is 15.1 Å². The van der Waals surface area contributed by atoms with E-state index in [-0.39, 0.29) is 5.82 Å². The van der Waals surface area contributed by atoms with E-state index in [0.717, 1.165) is 39.8 Å². The number of anilines is 2. The number of nitrogens with zero attached hydrogens (tertiary/aromatic N) is 7. The van der Waals surface area contributed by atoms with Gasteiger partial charge in [-0.15, -0.1) is 0 Å². The molecule has 0 unspecified atom stereocenters. The Morgan fingerprint density at radius 1 is 0.875 bits per heavy atom. The quantitative estimate of drug-likeness (QED) is 0.254. The standard InChI is InChI=1S/C29H29FN10/c1-39(2)6-5-33-21-8-17(7-20(30)11-21)24-15-32-16-25-26(24)36-29(35-25)27-23-10-19(13-34-28(23)38-37-27)18-9-22(40(3)4)14-31-12-18/h7-16,33H,5-6H2,1-4H3,(H,35,36)(H,34,37,38). The van der Waals surface area contributed by atoms with Gasteiger partial charge in [-0.1, -0.05) is 0 Å². The Kier molecular flexibility index (Phi) is 6.56. The van der Waals surface area contributed by atoms with E-state index in [1.54, 1.807) is 18.6 Å². The molecule has 0 fully saturated rings. The number of aromatic amines is 2. The third kappa shape index (κ3) is 4.94. The average Bonchev–Trinajstić information content (AvgIpc) is 3.56. The predicted molar refractivity (Wildman–Crippen MR) is 157 cm³/mol. The fraction of sp³-hybridized carbons (Fsp3) is 0.207. The Bertz CT molecular complexity index is 1820. The van der Waals surface area contributed by atoms with Gasteiger partial charge in [-0.05, 0) is 50.0 Å². The van der Waals surface area contributed by atoms with Gasteiger partial charge in [0, 0.05) is 68.2 Å². The highest BCUT2D eigenvalue weighted by molar-refractivity contribution is 5.97. The number of benzene rings is 1. The maximum absolute atomic E-state index is 14.6. The molecule has 10 nitrogen and oxygen atoms in total. The van der Waals surface area contributed by atoms with Gasteiger partial charge in [0.15, 0.2) is 11.5 Å². The Labute approximate surface area is 230 Å². The number of pyridine rings is 3. The lowest BCUT2D eigenvalue weighted by molar-refractivity contribution is 0.425. The fourth-order valence-electron chi connectivity index (χ4n) is 4.60. The highest BCUT2D eigenvalue weighted by Gasteiger charge is 2.17. The number of hydrogen-bond donors (Lipinski definition) is 3. The zero-order chi connectivity index (χ0) is 27.8. The van der Waals surface area contributed by atoms with Crippen LogP contribution in [-0.2, 0) is 0 Å². The lowest BCUT2D eigenvalue weighted by Gasteiger charge is -2.12. The summed E-state index contributed by atoms with van der Waals surface area (Å²) >= 11 is 0. The number of H-pyrrole nitrogens is 2. The number of fused-ring (bicyclic) bond motifs is 2. The maximum Gasteiger partial charge on any atom is 0.181 e. The van der Waals surface area contributed by atoms with Gasteiger partial charge in [0.05, 0.1) is 34.5 Å². The zero-order valence-corrected chi connectivity index (χ0v) is 22.7. The van der Waals surface area contributed by atoms with E-state index in [2.05, 4.69) is 46.4 Å². The van der Waals surface area contributed by atoms with Crippen molar-refractivity contribution in [3.63, 3.8) is 0 Å². The van der Waals surface area contributed by atoms with Crippen molar-refractivity contribution in [1.29, 1.82) is 0 Å². The van der Waals surface area contributed by atoms with Crippen LogP contribution in [0.15, 0.2) is 61.3 Å². The first-order valence-corrected chi connectivity index (χ1v) is 12.9. The molecular formula is C29H29FN10. The van der Waals surface area contributed by atoms with Gasteiger partial charge in [-0.2, -0.15) is 5.10 Å². The van der Waals surface area contributed by atoms with Gasteiger partial charge in [0.25, 0.3) is 0 Å². The number of rotatable bonds is 8. The maximum atomic E-state index is 14.6. The highest BCUT2D eigenvalue weighted by Crippen LogP contribution is 2.33. The molecule has 1 aromatic carbocycles. The molecule has 5 heterocycles. The van der Waals surface area contributed by atoms with E-state index in [0.29, 0.717) is 40.5 Å². The Morgan fingerprint density at radius 3 is 2.52 bits per heavy atom. The summed E-state index contributed by atoms with van der Waals surface area (Å²) in [5.41, 5.74) is 7.68. The van der Waals surface area contributed by atoms with Crippen molar-refractivity contribution in [2.24, 2.45) is 0 Å². The van der Waals surface area contributed by atoms with E-state index in [4.69, 9.17) is 4.98 Å². The molecule has 40 heavy (non-hydrogen) atoms. The number of imidazole rings is 1. The molecule has 0 amide bonds. The fourth-order valence-corrected chi connectivity index (χ4v) is 4.60. The van der Waals surface area contributed by atoms with Crippen LogP contribution in [0.5, 0.6) is 0 Å². The summed E-state index contributed by atoms with van der Waals surface area (Å²) in [6.45, 7) is 1.53. The van der Waals surface area contributed by atoms with Crippen LogP contribution in [0.1, 0.15) is 0 Å². The van der Waals surface area contributed by atoms with Crippen LogP contribution in [0.4, 0.5) is 15.8 Å².